The summed E-state index contributed by atoms with van der Waals surface area (Å²) in [6.07, 6.45) is -4.62. The Bertz CT molecular complexity index is 1930. The first-order chi connectivity index (χ1) is 23.4. The van der Waals surface area contributed by atoms with Gasteiger partial charge < -0.3 is 25.0 Å². The lowest BCUT2D eigenvalue weighted by atomic mass is 10.0. The van der Waals surface area contributed by atoms with Crippen LogP contribution in [0, 0.1) is 5.82 Å². The zero-order valence-corrected chi connectivity index (χ0v) is 28.0. The van der Waals surface area contributed by atoms with E-state index in [1.54, 1.807) is 16.7 Å². The number of aliphatic hydroxyl groups excluding tert-OH is 2. The molecule has 0 aliphatic rings. The van der Waals surface area contributed by atoms with Crippen molar-refractivity contribution >= 4 is 45.7 Å². The van der Waals surface area contributed by atoms with Gasteiger partial charge in [-0.05, 0) is 84.3 Å². The minimum Gasteiger partial charge on any atom is -0.395 e. The second-order valence-corrected chi connectivity index (χ2v) is 12.5. The molecule has 1 heterocycles. The van der Waals surface area contributed by atoms with E-state index < -0.39 is 17.6 Å². The molecule has 0 saturated carbocycles. The number of nitrogens with zero attached hydrogens (tertiary/aromatic N) is 3. The Hall–Kier alpha value is -4.00. The van der Waals surface area contributed by atoms with Gasteiger partial charge in [0.2, 0.25) is 0 Å². The molecule has 258 valence electrons. The molecular formula is C36H34Cl2F4N4O3. The molecule has 3 N–H and O–H groups in total. The first kappa shape index (κ1) is 36.3. The van der Waals surface area contributed by atoms with Crippen molar-refractivity contribution in [3.05, 3.63) is 117 Å². The second-order valence-electron chi connectivity index (χ2n) is 11.7. The van der Waals surface area contributed by atoms with Crippen molar-refractivity contribution < 1.29 is 32.6 Å². The van der Waals surface area contributed by atoms with E-state index in [0.29, 0.717) is 57.7 Å². The zero-order chi connectivity index (χ0) is 35.3. The average Bonchev–Trinajstić information content (AvgIpc) is 3.41. The molecule has 5 aromatic rings. The summed E-state index contributed by atoms with van der Waals surface area (Å²) in [6, 6.07) is 20.6. The summed E-state index contributed by atoms with van der Waals surface area (Å²) in [7, 11) is 0. The fourth-order valence-electron chi connectivity index (χ4n) is 5.73. The molecule has 0 saturated heterocycles. The third-order valence-corrected chi connectivity index (χ3v) is 8.85. The van der Waals surface area contributed by atoms with E-state index in [1.165, 1.54) is 13.0 Å². The quantitative estimate of drug-likeness (QED) is 0.102. The van der Waals surface area contributed by atoms with Crippen molar-refractivity contribution in [1.82, 2.24) is 14.9 Å². The molecule has 0 spiro atoms. The van der Waals surface area contributed by atoms with Crippen LogP contribution < -0.4 is 10.2 Å². The summed E-state index contributed by atoms with van der Waals surface area (Å²) in [4.78, 5) is 19.0. The smallest absolute Gasteiger partial charge is 0.395 e. The highest BCUT2D eigenvalue weighted by atomic mass is 35.5. The molecule has 1 unspecified atom stereocenters. The average molecular weight is 718 g/mol. The van der Waals surface area contributed by atoms with Gasteiger partial charge in [-0.15, -0.1) is 0 Å². The molecule has 13 heteroatoms. The molecule has 4 aromatic carbocycles. The molecule has 1 aromatic heterocycles. The number of alkyl halides is 3. The Kier molecular flexibility index (Phi) is 11.6. The Morgan fingerprint density at radius 3 is 2.22 bits per heavy atom. The number of imidazole rings is 1. The van der Waals surface area contributed by atoms with Crippen LogP contribution in [0.15, 0.2) is 78.9 Å². The van der Waals surface area contributed by atoms with E-state index in [1.807, 2.05) is 53.4 Å². The summed E-state index contributed by atoms with van der Waals surface area (Å²) < 4.78 is 56.3. The molecule has 0 aliphatic heterocycles. The standard InChI is InChI=1S/C36H34Cl2F4N4O3/c1-22(49)16-32(43-20-23-3-10-29(37)30(38)17-23)26-6-11-34-33(19-26)44-35(25-4-7-27(8-5-25)45(12-14-47)13-15-48)46(34)21-24-2-9-28(31(39)18-24)36(40,41)42/h2-11,17-19,32,43,47-48H,12-16,20-21H2,1H3. The van der Waals surface area contributed by atoms with E-state index in [0.717, 1.165) is 28.9 Å². The lowest BCUT2D eigenvalue weighted by Gasteiger charge is -2.23. The van der Waals surface area contributed by atoms with E-state index in [2.05, 4.69) is 5.32 Å². The maximum absolute atomic E-state index is 14.6. The maximum Gasteiger partial charge on any atom is 0.419 e. The van der Waals surface area contributed by atoms with Crippen LogP contribution >= 0.6 is 23.2 Å². The zero-order valence-electron chi connectivity index (χ0n) is 26.4. The highest BCUT2D eigenvalue weighted by molar-refractivity contribution is 6.42. The van der Waals surface area contributed by atoms with Crippen LogP contribution in [0.25, 0.3) is 22.4 Å². The molecule has 49 heavy (non-hydrogen) atoms. The van der Waals surface area contributed by atoms with Gasteiger partial charge in [-0.25, -0.2) is 9.37 Å². The van der Waals surface area contributed by atoms with Gasteiger partial charge in [0, 0.05) is 49.9 Å². The van der Waals surface area contributed by atoms with Crippen molar-refractivity contribution in [3.8, 4) is 11.4 Å². The van der Waals surface area contributed by atoms with Crippen molar-refractivity contribution in [2.75, 3.05) is 31.2 Å². The topological polar surface area (TPSA) is 90.6 Å². The van der Waals surface area contributed by atoms with Crippen molar-refractivity contribution in [2.24, 2.45) is 0 Å². The van der Waals surface area contributed by atoms with Gasteiger partial charge in [0.05, 0.1) is 39.9 Å². The van der Waals surface area contributed by atoms with Crippen molar-refractivity contribution in [1.29, 1.82) is 0 Å². The third-order valence-electron chi connectivity index (χ3n) is 8.11. The molecular weight excluding hydrogens is 683 g/mol. The number of aliphatic hydroxyl groups is 2. The van der Waals surface area contributed by atoms with Gasteiger partial charge in [0.25, 0.3) is 0 Å². The van der Waals surface area contributed by atoms with Gasteiger partial charge in [-0.2, -0.15) is 13.2 Å². The Morgan fingerprint density at radius 1 is 0.918 bits per heavy atom. The van der Waals surface area contributed by atoms with E-state index in [4.69, 9.17) is 28.2 Å². The van der Waals surface area contributed by atoms with Crippen LogP contribution in [0.5, 0.6) is 0 Å². The van der Waals surface area contributed by atoms with Crippen molar-refractivity contribution in [2.45, 2.75) is 38.7 Å². The SMILES string of the molecule is CC(=O)CC(NCc1ccc(Cl)c(Cl)c1)c1ccc2c(c1)nc(-c1ccc(N(CCO)CCO)cc1)n2Cc1ccc(C(F)(F)F)c(F)c1. The van der Waals surface area contributed by atoms with Crippen LogP contribution in [-0.2, 0) is 24.1 Å². The number of carbonyl (C=O) groups excluding carboxylic acids is 1. The largest absolute Gasteiger partial charge is 0.419 e. The number of fused-ring (bicyclic) bond motifs is 1. The molecule has 0 amide bonds. The highest BCUT2D eigenvalue weighted by Crippen LogP contribution is 2.34. The molecule has 7 nitrogen and oxygen atoms in total. The van der Waals surface area contributed by atoms with Gasteiger partial charge in [0.15, 0.2) is 0 Å². The lowest BCUT2D eigenvalue weighted by Crippen LogP contribution is -2.29. The molecule has 0 aliphatic carbocycles. The fourth-order valence-corrected chi connectivity index (χ4v) is 6.05. The number of halogens is 6. The van der Waals surface area contributed by atoms with Gasteiger partial charge >= 0.3 is 6.18 Å². The Balaban J connectivity index is 1.55. The normalized spacial score (nSPS) is 12.4. The summed E-state index contributed by atoms with van der Waals surface area (Å²) in [5, 5.41) is 23.2. The number of rotatable bonds is 14. The predicted molar refractivity (Wildman–Crippen MR) is 183 cm³/mol. The van der Waals surface area contributed by atoms with Crippen LogP contribution in [0.1, 0.15) is 41.6 Å². The Labute approximate surface area is 290 Å². The van der Waals surface area contributed by atoms with E-state index >= 15 is 0 Å². The van der Waals surface area contributed by atoms with Gasteiger partial charge in [-0.3, -0.25) is 4.79 Å². The number of hydrogen-bond acceptors (Lipinski definition) is 6. The maximum atomic E-state index is 14.6. The first-order valence-corrected chi connectivity index (χ1v) is 16.2. The van der Waals surface area contributed by atoms with E-state index in [-0.39, 0.29) is 38.0 Å². The number of carbonyl (C=O) groups is 1. The number of hydrogen-bond donors (Lipinski definition) is 3. The number of nitrogens with one attached hydrogen (secondary N) is 1. The summed E-state index contributed by atoms with van der Waals surface area (Å²) in [6.45, 7) is 2.38. The van der Waals surface area contributed by atoms with Crippen LogP contribution in [0.2, 0.25) is 10.0 Å². The predicted octanol–water partition coefficient (Wildman–Crippen LogP) is 7.82. The number of ketones is 1. The van der Waals surface area contributed by atoms with Crippen LogP contribution in [0.3, 0.4) is 0 Å². The van der Waals surface area contributed by atoms with Gasteiger partial charge in [0.1, 0.15) is 17.4 Å². The van der Waals surface area contributed by atoms with Crippen LogP contribution in [0.4, 0.5) is 23.2 Å². The van der Waals surface area contributed by atoms with E-state index in [9.17, 15) is 32.6 Å². The summed E-state index contributed by atoms with van der Waals surface area (Å²) in [5.41, 5.74) is 3.29. The Morgan fingerprint density at radius 2 is 1.61 bits per heavy atom. The minimum absolute atomic E-state index is 0.0234. The monoisotopic (exact) mass is 716 g/mol. The van der Waals surface area contributed by atoms with Crippen molar-refractivity contribution in [3.63, 3.8) is 0 Å². The molecule has 0 bridgehead atoms. The van der Waals surface area contributed by atoms with Crippen LogP contribution in [-0.4, -0.2) is 51.9 Å². The number of benzene rings is 4. The highest BCUT2D eigenvalue weighted by Gasteiger charge is 2.34. The lowest BCUT2D eigenvalue weighted by molar-refractivity contribution is -0.140. The number of Topliss-reactive ketones (excluding diaryl/α,β-unsaturated/α-hetero) is 1. The molecule has 1 atom stereocenters. The fraction of sp³-hybridized carbons (Fsp3) is 0.278. The summed E-state index contributed by atoms with van der Waals surface area (Å²) >= 11 is 12.3. The minimum atomic E-state index is -4.82. The van der Waals surface area contributed by atoms with Gasteiger partial charge in [-0.1, -0.05) is 41.4 Å². The summed E-state index contributed by atoms with van der Waals surface area (Å²) in [5.74, 6) is -0.906. The first-order valence-electron chi connectivity index (χ1n) is 15.5. The number of anilines is 1. The molecule has 0 radical (unpaired) electrons. The number of aromatic nitrogens is 2. The molecule has 0 fully saturated rings. The third kappa shape index (κ3) is 8.78. The second kappa shape index (κ2) is 15.7. The molecule has 5 rings (SSSR count).